The molecular formula is C24H20N4O3. The molecule has 0 fully saturated rings. The first-order valence-electron chi connectivity index (χ1n) is 9.83. The second-order valence-electron chi connectivity index (χ2n) is 7.22. The van der Waals surface area contributed by atoms with E-state index in [2.05, 4.69) is 15.6 Å². The quantitative estimate of drug-likeness (QED) is 0.404. The van der Waals surface area contributed by atoms with Gasteiger partial charge in [0, 0.05) is 5.57 Å². The Bertz CT molecular complexity index is 1280. The van der Waals surface area contributed by atoms with E-state index >= 15 is 0 Å². The lowest BCUT2D eigenvalue weighted by Crippen LogP contribution is -2.43. The van der Waals surface area contributed by atoms with Gasteiger partial charge in [-0.15, -0.1) is 0 Å². The molecule has 0 saturated heterocycles. The number of aromatic amines is 1. The molecule has 5 rings (SSSR count). The van der Waals surface area contributed by atoms with Crippen molar-refractivity contribution in [2.75, 3.05) is 7.11 Å². The van der Waals surface area contributed by atoms with Crippen LogP contribution in [0.5, 0.6) is 11.5 Å². The molecule has 0 bridgehead atoms. The van der Waals surface area contributed by atoms with Gasteiger partial charge >= 0.3 is 6.03 Å². The number of carbonyl (C=O) groups is 1. The van der Waals surface area contributed by atoms with Gasteiger partial charge in [-0.1, -0.05) is 48.5 Å². The number of nitrogens with one attached hydrogen (secondary N) is 3. The fourth-order valence-corrected chi connectivity index (χ4v) is 3.86. The normalized spacial score (nSPS) is 16.2. The maximum Gasteiger partial charge on any atom is 0.320 e. The summed E-state index contributed by atoms with van der Waals surface area (Å²) in [5.41, 5.74) is 4.81. The number of nitrogens with zero attached hydrogens (tertiary/aromatic N) is 1. The summed E-state index contributed by atoms with van der Waals surface area (Å²) < 4.78 is 5.29. The summed E-state index contributed by atoms with van der Waals surface area (Å²) in [4.78, 5) is 20.8. The number of ether oxygens (including phenoxy) is 1. The number of hydrogen-bond donors (Lipinski definition) is 4. The van der Waals surface area contributed by atoms with E-state index in [0.717, 1.165) is 27.7 Å². The maximum absolute atomic E-state index is 12.6. The largest absolute Gasteiger partial charge is 0.504 e. The average molecular weight is 412 g/mol. The van der Waals surface area contributed by atoms with Gasteiger partial charge in [0.1, 0.15) is 5.82 Å². The number of methoxy groups -OCH3 is 1. The Morgan fingerprint density at radius 3 is 2.55 bits per heavy atom. The summed E-state index contributed by atoms with van der Waals surface area (Å²) in [6.45, 7) is 0. The number of rotatable bonds is 4. The number of amides is 2. The number of fused-ring (bicyclic) bond motifs is 1. The maximum atomic E-state index is 12.6. The van der Waals surface area contributed by atoms with Crippen molar-refractivity contribution in [2.24, 2.45) is 0 Å². The molecule has 2 amide bonds. The number of aromatic hydroxyl groups is 1. The third-order valence-electron chi connectivity index (χ3n) is 5.32. The molecule has 1 aromatic heterocycles. The van der Waals surface area contributed by atoms with Gasteiger partial charge in [-0.05, 0) is 35.4 Å². The van der Waals surface area contributed by atoms with E-state index < -0.39 is 6.04 Å². The second-order valence-corrected chi connectivity index (χ2v) is 7.22. The van der Waals surface area contributed by atoms with Crippen LogP contribution in [0.3, 0.4) is 0 Å². The summed E-state index contributed by atoms with van der Waals surface area (Å²) in [6, 6.07) is 21.6. The molecule has 1 aliphatic heterocycles. The van der Waals surface area contributed by atoms with Crippen LogP contribution in [0.1, 0.15) is 23.0 Å². The van der Waals surface area contributed by atoms with Crippen molar-refractivity contribution in [1.29, 1.82) is 0 Å². The molecule has 7 nitrogen and oxygen atoms in total. The van der Waals surface area contributed by atoms with E-state index in [1.54, 1.807) is 18.2 Å². The van der Waals surface area contributed by atoms with Gasteiger partial charge in [0.15, 0.2) is 11.5 Å². The van der Waals surface area contributed by atoms with Crippen LogP contribution < -0.4 is 15.4 Å². The third-order valence-corrected chi connectivity index (χ3v) is 5.32. The lowest BCUT2D eigenvalue weighted by molar-refractivity contribution is 0.242. The third kappa shape index (κ3) is 3.36. The highest BCUT2D eigenvalue weighted by atomic mass is 16.5. The van der Waals surface area contributed by atoms with Crippen molar-refractivity contribution in [2.45, 2.75) is 6.04 Å². The zero-order valence-electron chi connectivity index (χ0n) is 16.7. The summed E-state index contributed by atoms with van der Waals surface area (Å²) in [5.74, 6) is 1.00. The zero-order valence-corrected chi connectivity index (χ0v) is 16.7. The summed E-state index contributed by atoms with van der Waals surface area (Å²) in [5, 5.41) is 16.0. The average Bonchev–Trinajstić information content (AvgIpc) is 3.23. The number of phenolic OH excluding ortho intramolecular Hbond substituents is 1. The highest BCUT2D eigenvalue weighted by Gasteiger charge is 2.32. The standard InChI is InChI=1S/C24H20N4O3/c1-31-19-13-15(11-12-18(19)29)22-20(23-25-16-9-5-6-10-17(16)26-23)21(27-24(30)28-22)14-7-3-2-4-8-14/h2-13,22,29H,1H3,(H,25,26)(H2,27,28,30)/t22-/m1/s1. The van der Waals surface area contributed by atoms with Crippen molar-refractivity contribution in [1.82, 2.24) is 20.6 Å². The van der Waals surface area contributed by atoms with Crippen molar-refractivity contribution >= 4 is 28.3 Å². The second kappa shape index (κ2) is 7.53. The topological polar surface area (TPSA) is 99.3 Å². The Morgan fingerprint density at radius 1 is 1.00 bits per heavy atom. The van der Waals surface area contributed by atoms with E-state index in [1.165, 1.54) is 7.11 Å². The molecule has 2 heterocycles. The molecule has 0 saturated carbocycles. The highest BCUT2D eigenvalue weighted by Crippen LogP contribution is 2.39. The lowest BCUT2D eigenvalue weighted by Gasteiger charge is -2.30. The SMILES string of the molecule is COc1cc([C@H]2NC(=O)NC(c3ccccc3)=C2c2nc3ccccc3[nH]2)ccc1O. The summed E-state index contributed by atoms with van der Waals surface area (Å²) >= 11 is 0. The van der Waals surface area contributed by atoms with Crippen LogP contribution >= 0.6 is 0 Å². The molecule has 154 valence electrons. The minimum atomic E-state index is -0.515. The first-order valence-corrected chi connectivity index (χ1v) is 9.83. The van der Waals surface area contributed by atoms with Crippen LogP contribution in [0, 0.1) is 0 Å². The van der Waals surface area contributed by atoms with E-state index in [0.29, 0.717) is 17.3 Å². The summed E-state index contributed by atoms with van der Waals surface area (Å²) in [6.07, 6.45) is 0. The Morgan fingerprint density at radius 2 is 1.77 bits per heavy atom. The fraction of sp³-hybridized carbons (Fsp3) is 0.0833. The molecular weight excluding hydrogens is 392 g/mol. The van der Waals surface area contributed by atoms with E-state index in [4.69, 9.17) is 9.72 Å². The summed E-state index contributed by atoms with van der Waals surface area (Å²) in [7, 11) is 1.49. The van der Waals surface area contributed by atoms with E-state index in [-0.39, 0.29) is 11.8 Å². The van der Waals surface area contributed by atoms with E-state index in [9.17, 15) is 9.90 Å². The molecule has 1 atom stereocenters. The molecule has 7 heteroatoms. The molecule has 31 heavy (non-hydrogen) atoms. The van der Waals surface area contributed by atoms with Gasteiger partial charge in [-0.3, -0.25) is 0 Å². The van der Waals surface area contributed by atoms with Crippen LogP contribution in [-0.2, 0) is 0 Å². The van der Waals surface area contributed by atoms with Crippen molar-refractivity contribution in [3.63, 3.8) is 0 Å². The molecule has 0 spiro atoms. The van der Waals surface area contributed by atoms with Gasteiger partial charge in [-0.2, -0.15) is 0 Å². The highest BCUT2D eigenvalue weighted by molar-refractivity contribution is 6.02. The number of aromatic nitrogens is 2. The first-order chi connectivity index (χ1) is 15.1. The van der Waals surface area contributed by atoms with Gasteiger partial charge in [0.2, 0.25) is 0 Å². The van der Waals surface area contributed by atoms with Crippen LogP contribution in [-0.4, -0.2) is 28.2 Å². The number of para-hydroxylation sites is 2. The van der Waals surface area contributed by atoms with Gasteiger partial charge in [-0.25, -0.2) is 9.78 Å². The number of H-pyrrole nitrogens is 1. The van der Waals surface area contributed by atoms with E-state index in [1.807, 2.05) is 54.6 Å². The smallest absolute Gasteiger partial charge is 0.320 e. The molecule has 4 aromatic rings. The van der Waals surface area contributed by atoms with Crippen molar-refractivity contribution < 1.29 is 14.6 Å². The number of benzene rings is 3. The zero-order chi connectivity index (χ0) is 21.4. The monoisotopic (exact) mass is 412 g/mol. The Hall–Kier alpha value is -4.26. The van der Waals surface area contributed by atoms with Crippen molar-refractivity contribution in [3.05, 3.63) is 89.7 Å². The Labute approximate surface area is 178 Å². The van der Waals surface area contributed by atoms with Gasteiger partial charge in [0.25, 0.3) is 0 Å². The number of phenols is 1. The van der Waals surface area contributed by atoms with Gasteiger partial charge in [0.05, 0.1) is 29.9 Å². The van der Waals surface area contributed by atoms with Crippen LogP contribution in [0.25, 0.3) is 22.3 Å². The molecule has 3 aromatic carbocycles. The van der Waals surface area contributed by atoms with Crippen molar-refractivity contribution in [3.8, 4) is 11.5 Å². The number of urea groups is 1. The molecule has 0 radical (unpaired) electrons. The lowest BCUT2D eigenvalue weighted by atomic mass is 9.92. The minimum Gasteiger partial charge on any atom is -0.504 e. The fourth-order valence-electron chi connectivity index (χ4n) is 3.86. The molecule has 4 N–H and O–H groups in total. The van der Waals surface area contributed by atoms with Crippen LogP contribution in [0.4, 0.5) is 4.79 Å². The Balaban J connectivity index is 1.76. The number of carbonyl (C=O) groups excluding carboxylic acids is 1. The molecule has 0 aliphatic carbocycles. The first kappa shape index (κ1) is 18.7. The minimum absolute atomic E-state index is 0.0315. The van der Waals surface area contributed by atoms with Crippen LogP contribution in [0.15, 0.2) is 72.8 Å². The Kier molecular flexibility index (Phi) is 4.55. The molecule has 1 aliphatic rings. The predicted octanol–water partition coefficient (Wildman–Crippen LogP) is 4.20. The van der Waals surface area contributed by atoms with Crippen LogP contribution in [0.2, 0.25) is 0 Å². The van der Waals surface area contributed by atoms with Gasteiger partial charge < -0.3 is 25.5 Å². The number of imidazole rings is 1. The number of hydrogen-bond acceptors (Lipinski definition) is 4. The predicted molar refractivity (Wildman–Crippen MR) is 118 cm³/mol. The molecule has 0 unspecified atom stereocenters.